The lowest BCUT2D eigenvalue weighted by molar-refractivity contribution is -0.134. The minimum Gasteiger partial charge on any atom is -0.343 e. The molecule has 1 fully saturated rings. The number of unbranched alkanes of at least 4 members (excludes halogenated alkanes) is 2. The number of nitrogens with zero attached hydrogens (tertiary/aromatic N) is 3. The van der Waals surface area contributed by atoms with Crippen LogP contribution in [0.1, 0.15) is 19.3 Å². The Labute approximate surface area is 85.1 Å². The lowest BCUT2D eigenvalue weighted by Crippen LogP contribution is -2.48. The Morgan fingerprint density at radius 2 is 2.21 bits per heavy atom. The number of hydrogen-bond donors (Lipinski definition) is 0. The first kappa shape index (κ1) is 11.0. The summed E-state index contributed by atoms with van der Waals surface area (Å²) in [4.78, 5) is 15.3. The maximum Gasteiger partial charge on any atom is 0.236 e. The van der Waals surface area contributed by atoms with Gasteiger partial charge in [-0.3, -0.25) is 9.69 Å². The van der Waals surface area contributed by atoms with E-state index in [0.29, 0.717) is 13.0 Å². The third kappa shape index (κ3) is 3.35. The van der Waals surface area contributed by atoms with E-state index in [1.165, 1.54) is 0 Å². The number of piperazine rings is 1. The van der Waals surface area contributed by atoms with Gasteiger partial charge in [-0.05, 0) is 19.4 Å². The van der Waals surface area contributed by atoms with Crippen LogP contribution in [0, 0.1) is 11.3 Å². The van der Waals surface area contributed by atoms with Crippen LogP contribution >= 0.6 is 0 Å². The van der Waals surface area contributed by atoms with Crippen LogP contribution in [-0.2, 0) is 4.79 Å². The van der Waals surface area contributed by atoms with Crippen LogP contribution in [0.4, 0.5) is 0 Å². The molecule has 0 bridgehead atoms. The summed E-state index contributed by atoms with van der Waals surface area (Å²) in [6.45, 7) is 3.29. The molecule has 4 heteroatoms. The highest BCUT2D eigenvalue weighted by Gasteiger charge is 2.19. The van der Waals surface area contributed by atoms with E-state index in [2.05, 4.69) is 11.0 Å². The third-order valence-electron chi connectivity index (χ3n) is 2.55. The van der Waals surface area contributed by atoms with Gasteiger partial charge in [-0.1, -0.05) is 0 Å². The summed E-state index contributed by atoms with van der Waals surface area (Å²) in [6, 6.07) is 2.13. The monoisotopic (exact) mass is 195 g/mol. The van der Waals surface area contributed by atoms with E-state index < -0.39 is 0 Å². The quantitative estimate of drug-likeness (QED) is 0.612. The number of hydrogen-bond acceptors (Lipinski definition) is 3. The van der Waals surface area contributed by atoms with E-state index in [0.717, 1.165) is 32.5 Å². The van der Waals surface area contributed by atoms with E-state index in [1.807, 2.05) is 7.05 Å². The SMILES string of the molecule is CN1CCN(CCCCC#N)CC1=O. The summed E-state index contributed by atoms with van der Waals surface area (Å²) in [5.41, 5.74) is 0. The van der Waals surface area contributed by atoms with Crippen molar-refractivity contribution in [2.45, 2.75) is 19.3 Å². The van der Waals surface area contributed by atoms with Crippen LogP contribution in [0.5, 0.6) is 0 Å². The van der Waals surface area contributed by atoms with Crippen LogP contribution < -0.4 is 0 Å². The van der Waals surface area contributed by atoms with E-state index in [1.54, 1.807) is 4.90 Å². The Kier molecular flexibility index (Phi) is 4.41. The maximum absolute atomic E-state index is 11.3. The fourth-order valence-corrected chi connectivity index (χ4v) is 1.54. The van der Waals surface area contributed by atoms with Gasteiger partial charge >= 0.3 is 0 Å². The van der Waals surface area contributed by atoms with Gasteiger partial charge in [-0.2, -0.15) is 5.26 Å². The van der Waals surface area contributed by atoms with Crippen LogP contribution in [0.25, 0.3) is 0 Å². The van der Waals surface area contributed by atoms with Crippen LogP contribution in [0.2, 0.25) is 0 Å². The molecule has 78 valence electrons. The van der Waals surface area contributed by atoms with Crippen LogP contribution in [0.15, 0.2) is 0 Å². The number of rotatable bonds is 4. The molecule has 0 saturated carbocycles. The van der Waals surface area contributed by atoms with Gasteiger partial charge in [0.15, 0.2) is 0 Å². The van der Waals surface area contributed by atoms with Crippen LogP contribution in [-0.4, -0.2) is 48.9 Å². The fourth-order valence-electron chi connectivity index (χ4n) is 1.54. The normalized spacial score (nSPS) is 18.3. The molecule has 0 aromatic carbocycles. The summed E-state index contributed by atoms with van der Waals surface area (Å²) in [7, 11) is 1.84. The topological polar surface area (TPSA) is 47.3 Å². The zero-order valence-corrected chi connectivity index (χ0v) is 8.70. The second-order valence-electron chi connectivity index (χ2n) is 3.71. The maximum atomic E-state index is 11.3. The van der Waals surface area contributed by atoms with E-state index in [-0.39, 0.29) is 5.91 Å². The molecule has 0 spiro atoms. The molecule has 1 aliphatic heterocycles. The highest BCUT2D eigenvalue weighted by Crippen LogP contribution is 2.03. The number of carbonyl (C=O) groups is 1. The van der Waals surface area contributed by atoms with Crippen molar-refractivity contribution in [3.8, 4) is 6.07 Å². The van der Waals surface area contributed by atoms with Gasteiger partial charge in [0.05, 0.1) is 12.6 Å². The fraction of sp³-hybridized carbons (Fsp3) is 0.800. The number of amides is 1. The molecule has 14 heavy (non-hydrogen) atoms. The van der Waals surface area contributed by atoms with Gasteiger partial charge in [-0.25, -0.2) is 0 Å². The molecule has 1 saturated heterocycles. The Balaban J connectivity index is 2.14. The van der Waals surface area contributed by atoms with Gasteiger partial charge in [0.25, 0.3) is 0 Å². The zero-order chi connectivity index (χ0) is 10.4. The molecule has 4 nitrogen and oxygen atoms in total. The molecule has 0 aromatic heterocycles. The summed E-state index contributed by atoms with van der Waals surface area (Å²) in [6.07, 6.45) is 2.59. The Morgan fingerprint density at radius 3 is 2.86 bits per heavy atom. The summed E-state index contributed by atoms with van der Waals surface area (Å²) in [5, 5.41) is 8.36. The Bertz CT molecular complexity index is 234. The van der Waals surface area contributed by atoms with Crippen molar-refractivity contribution in [1.82, 2.24) is 9.80 Å². The molecule has 1 heterocycles. The zero-order valence-electron chi connectivity index (χ0n) is 8.70. The lowest BCUT2D eigenvalue weighted by Gasteiger charge is -2.31. The summed E-state index contributed by atoms with van der Waals surface area (Å²) < 4.78 is 0. The molecule has 1 aliphatic rings. The molecule has 0 radical (unpaired) electrons. The average Bonchev–Trinajstić information content (AvgIpc) is 2.18. The van der Waals surface area contributed by atoms with Crippen molar-refractivity contribution in [1.29, 1.82) is 5.26 Å². The second kappa shape index (κ2) is 5.61. The van der Waals surface area contributed by atoms with Gasteiger partial charge in [-0.15, -0.1) is 0 Å². The van der Waals surface area contributed by atoms with Crippen molar-refractivity contribution in [3.05, 3.63) is 0 Å². The second-order valence-corrected chi connectivity index (χ2v) is 3.71. The summed E-state index contributed by atoms with van der Waals surface area (Å²) in [5.74, 6) is 0.205. The van der Waals surface area contributed by atoms with Crippen molar-refractivity contribution in [2.24, 2.45) is 0 Å². The third-order valence-corrected chi connectivity index (χ3v) is 2.55. The molecule has 0 unspecified atom stereocenters. The first-order valence-electron chi connectivity index (χ1n) is 5.07. The molecule has 0 N–H and O–H groups in total. The minimum absolute atomic E-state index is 0.205. The molecule has 0 atom stereocenters. The largest absolute Gasteiger partial charge is 0.343 e. The predicted molar refractivity (Wildman–Crippen MR) is 53.5 cm³/mol. The highest BCUT2D eigenvalue weighted by molar-refractivity contribution is 5.78. The molecule has 1 amide bonds. The van der Waals surface area contributed by atoms with E-state index in [9.17, 15) is 4.79 Å². The predicted octanol–water partition coefficient (Wildman–Crippen LogP) is 0.454. The van der Waals surface area contributed by atoms with E-state index >= 15 is 0 Å². The first-order chi connectivity index (χ1) is 6.74. The smallest absolute Gasteiger partial charge is 0.236 e. The number of carbonyl (C=O) groups excluding carboxylic acids is 1. The Hall–Kier alpha value is -1.08. The Morgan fingerprint density at radius 1 is 1.43 bits per heavy atom. The van der Waals surface area contributed by atoms with Gasteiger partial charge in [0, 0.05) is 26.6 Å². The standard InChI is InChI=1S/C10H17N3O/c1-12-7-8-13(9-10(12)14)6-4-2-3-5-11/h2-4,6-9H2,1H3. The summed E-state index contributed by atoms with van der Waals surface area (Å²) >= 11 is 0. The minimum atomic E-state index is 0.205. The number of nitriles is 1. The van der Waals surface area contributed by atoms with Crippen molar-refractivity contribution < 1.29 is 4.79 Å². The van der Waals surface area contributed by atoms with Gasteiger partial charge < -0.3 is 4.90 Å². The number of likely N-dealkylation sites (N-methyl/N-ethyl adjacent to an activating group) is 1. The van der Waals surface area contributed by atoms with Gasteiger partial charge in [0.1, 0.15) is 0 Å². The molecule has 0 aromatic rings. The van der Waals surface area contributed by atoms with Gasteiger partial charge in [0.2, 0.25) is 5.91 Å². The van der Waals surface area contributed by atoms with E-state index in [4.69, 9.17) is 5.26 Å². The first-order valence-corrected chi connectivity index (χ1v) is 5.07. The molecule has 1 rings (SSSR count). The lowest BCUT2D eigenvalue weighted by atomic mass is 10.2. The highest BCUT2D eigenvalue weighted by atomic mass is 16.2. The van der Waals surface area contributed by atoms with Crippen molar-refractivity contribution >= 4 is 5.91 Å². The average molecular weight is 195 g/mol. The van der Waals surface area contributed by atoms with Crippen LogP contribution in [0.3, 0.4) is 0 Å². The molecular weight excluding hydrogens is 178 g/mol. The molecular formula is C10H17N3O. The van der Waals surface area contributed by atoms with Crippen molar-refractivity contribution in [3.63, 3.8) is 0 Å². The molecule has 0 aliphatic carbocycles. The van der Waals surface area contributed by atoms with Crippen molar-refractivity contribution in [2.75, 3.05) is 33.2 Å².